The fraction of sp³-hybridized carbons (Fsp3) is 0.429. The quantitative estimate of drug-likeness (QED) is 0.646. The van der Waals surface area contributed by atoms with E-state index in [4.69, 9.17) is 6.57 Å². The Morgan fingerprint density at radius 3 is 2.67 bits per heavy atom. The van der Waals surface area contributed by atoms with Crippen molar-refractivity contribution in [2.45, 2.75) is 38.4 Å². The number of nitrogens with zero attached hydrogens (tertiary/aromatic N) is 3. The van der Waals surface area contributed by atoms with Gasteiger partial charge in [0, 0.05) is 4.47 Å². The molecule has 2 aromatic rings. The molecule has 3 rings (SSSR count). The minimum Gasteiger partial charge on any atom is -0.453 e. The molecule has 0 aliphatic carbocycles. The van der Waals surface area contributed by atoms with Crippen LogP contribution in [0.5, 0.6) is 0 Å². The van der Waals surface area contributed by atoms with Gasteiger partial charge in [-0.2, -0.15) is 0 Å². The molecule has 1 saturated heterocycles. The fourth-order valence-corrected chi connectivity index (χ4v) is 3.83. The molecule has 8 nitrogen and oxygen atoms in total. The Morgan fingerprint density at radius 1 is 1.37 bits per heavy atom. The molecule has 0 radical (unpaired) electrons. The van der Waals surface area contributed by atoms with Gasteiger partial charge in [-0.05, 0) is 23.6 Å². The number of aromatic nitrogens is 2. The molecule has 158 valence electrons. The van der Waals surface area contributed by atoms with Gasteiger partial charge in [0.05, 0.1) is 38.0 Å². The van der Waals surface area contributed by atoms with Crippen LogP contribution < -0.4 is 5.32 Å². The Labute approximate surface area is 184 Å². The van der Waals surface area contributed by atoms with E-state index in [0.717, 1.165) is 15.7 Å². The molecule has 1 aliphatic rings. The minimum atomic E-state index is -0.745. The van der Waals surface area contributed by atoms with Crippen LogP contribution in [0.15, 0.2) is 34.9 Å². The lowest BCUT2D eigenvalue weighted by Crippen LogP contribution is -2.51. The standard InChI is InChI=1S/C21H24BrN5O3/c1-12(2)18(26-21(29)30-4)20(28)27-11-15(23-3)9-17(27)19-24-10-16(25-19)13-5-7-14(22)8-6-13/h5-8,10,12,15,17-18H,9,11H2,1-2,4H3,(H,24,25)(H,26,29)/t15-,17-,18-/m0/s1. The van der Waals surface area contributed by atoms with Crippen molar-refractivity contribution >= 4 is 27.9 Å². The Balaban J connectivity index is 1.87. The number of amides is 2. The van der Waals surface area contributed by atoms with Crippen molar-refractivity contribution in [3.05, 3.63) is 52.2 Å². The maximum Gasteiger partial charge on any atom is 0.407 e. The van der Waals surface area contributed by atoms with E-state index in [2.05, 4.69) is 40.8 Å². The molecule has 0 spiro atoms. The Hall–Kier alpha value is -2.86. The van der Waals surface area contributed by atoms with Crippen LogP contribution in [0, 0.1) is 12.5 Å². The zero-order chi connectivity index (χ0) is 21.8. The third kappa shape index (κ3) is 4.65. The lowest BCUT2D eigenvalue weighted by atomic mass is 10.0. The van der Waals surface area contributed by atoms with Gasteiger partial charge in [-0.3, -0.25) is 4.79 Å². The van der Waals surface area contributed by atoms with Crippen molar-refractivity contribution in [1.82, 2.24) is 20.2 Å². The molecule has 0 bridgehead atoms. The number of methoxy groups -OCH3 is 1. The Kier molecular flexibility index (Phi) is 6.77. The summed E-state index contributed by atoms with van der Waals surface area (Å²) in [5.41, 5.74) is 1.81. The van der Waals surface area contributed by atoms with Gasteiger partial charge in [-0.15, -0.1) is 0 Å². The van der Waals surface area contributed by atoms with Gasteiger partial charge in [0.2, 0.25) is 11.9 Å². The van der Waals surface area contributed by atoms with Crippen LogP contribution in [-0.2, 0) is 9.53 Å². The van der Waals surface area contributed by atoms with Crippen molar-refractivity contribution in [1.29, 1.82) is 0 Å². The fourth-order valence-electron chi connectivity index (χ4n) is 3.57. The summed E-state index contributed by atoms with van der Waals surface area (Å²) in [5, 5.41) is 2.62. The molecule has 3 atom stereocenters. The lowest BCUT2D eigenvalue weighted by Gasteiger charge is -2.29. The molecule has 1 fully saturated rings. The summed E-state index contributed by atoms with van der Waals surface area (Å²) in [6, 6.07) is 6.41. The lowest BCUT2D eigenvalue weighted by molar-refractivity contribution is -0.135. The summed E-state index contributed by atoms with van der Waals surface area (Å²) in [6.07, 6.45) is 1.57. The SMILES string of the molecule is [C-]#[N+][C@H]1C[C@@H](c2ncc(-c3ccc(Br)cc3)[nH]2)N(C(=O)[C@@H](NC(=O)OC)C(C)C)C1. The van der Waals surface area contributed by atoms with Crippen LogP contribution in [0.3, 0.4) is 0 Å². The van der Waals surface area contributed by atoms with Gasteiger partial charge < -0.3 is 24.8 Å². The second-order valence-corrected chi connectivity index (χ2v) is 8.49. The molecule has 2 N–H and O–H groups in total. The van der Waals surface area contributed by atoms with Gasteiger partial charge in [0.1, 0.15) is 11.9 Å². The number of carbonyl (C=O) groups is 2. The first-order valence-corrected chi connectivity index (χ1v) is 10.5. The molecule has 2 heterocycles. The number of hydrogen-bond acceptors (Lipinski definition) is 4. The number of benzene rings is 1. The van der Waals surface area contributed by atoms with E-state index in [-0.39, 0.29) is 23.9 Å². The Bertz CT molecular complexity index is 950. The van der Waals surface area contributed by atoms with Crippen LogP contribution in [0.4, 0.5) is 4.79 Å². The second kappa shape index (κ2) is 9.30. The number of ether oxygens (including phenoxy) is 1. The molecule has 1 aromatic heterocycles. The number of nitrogens with one attached hydrogen (secondary N) is 2. The number of aromatic amines is 1. The summed E-state index contributed by atoms with van der Waals surface area (Å²) in [5.74, 6) is 0.250. The van der Waals surface area contributed by atoms with E-state index in [1.165, 1.54) is 7.11 Å². The zero-order valence-electron chi connectivity index (χ0n) is 17.1. The normalized spacial score (nSPS) is 19.4. The summed E-state index contributed by atoms with van der Waals surface area (Å²) < 4.78 is 5.65. The molecule has 1 aliphatic heterocycles. The highest BCUT2D eigenvalue weighted by molar-refractivity contribution is 9.10. The van der Waals surface area contributed by atoms with Crippen LogP contribution in [0.1, 0.15) is 32.1 Å². The number of hydrogen-bond donors (Lipinski definition) is 2. The monoisotopic (exact) mass is 473 g/mol. The topological polar surface area (TPSA) is 91.7 Å². The maximum absolute atomic E-state index is 13.3. The van der Waals surface area contributed by atoms with Gasteiger partial charge in [-0.25, -0.2) is 16.4 Å². The van der Waals surface area contributed by atoms with E-state index in [9.17, 15) is 9.59 Å². The van der Waals surface area contributed by atoms with E-state index < -0.39 is 12.1 Å². The second-order valence-electron chi connectivity index (χ2n) is 7.57. The van der Waals surface area contributed by atoms with Gasteiger partial charge in [0.15, 0.2) is 0 Å². The number of alkyl carbamates (subject to hydrolysis) is 1. The molecular formula is C21H24BrN5O3. The van der Waals surface area contributed by atoms with Crippen molar-refractivity contribution < 1.29 is 14.3 Å². The first-order valence-electron chi connectivity index (χ1n) is 9.66. The number of H-pyrrole nitrogens is 1. The molecule has 0 saturated carbocycles. The third-order valence-corrected chi connectivity index (χ3v) is 5.73. The van der Waals surface area contributed by atoms with Crippen LogP contribution in [0.2, 0.25) is 0 Å². The number of carbonyl (C=O) groups excluding carboxylic acids is 2. The predicted molar refractivity (Wildman–Crippen MR) is 115 cm³/mol. The smallest absolute Gasteiger partial charge is 0.407 e. The highest BCUT2D eigenvalue weighted by Gasteiger charge is 2.44. The van der Waals surface area contributed by atoms with Gasteiger partial charge in [0.25, 0.3) is 0 Å². The van der Waals surface area contributed by atoms with Crippen molar-refractivity contribution in [2.75, 3.05) is 13.7 Å². The average molecular weight is 474 g/mol. The number of rotatable bonds is 5. The summed E-state index contributed by atoms with van der Waals surface area (Å²) >= 11 is 3.43. The zero-order valence-corrected chi connectivity index (χ0v) is 18.6. The largest absolute Gasteiger partial charge is 0.453 e. The van der Waals surface area contributed by atoms with E-state index in [0.29, 0.717) is 18.8 Å². The molecule has 9 heteroatoms. The molecule has 0 unspecified atom stereocenters. The van der Waals surface area contributed by atoms with Crippen molar-refractivity contribution in [2.24, 2.45) is 5.92 Å². The van der Waals surface area contributed by atoms with Crippen LogP contribution in [-0.4, -0.2) is 52.6 Å². The predicted octanol–water partition coefficient (Wildman–Crippen LogP) is 3.78. The first kappa shape index (κ1) is 21.8. The summed E-state index contributed by atoms with van der Waals surface area (Å²) in [6.45, 7) is 11.5. The van der Waals surface area contributed by atoms with Crippen molar-refractivity contribution in [3.8, 4) is 11.3 Å². The molecule has 2 amide bonds. The molecule has 30 heavy (non-hydrogen) atoms. The van der Waals surface area contributed by atoms with Crippen LogP contribution in [0.25, 0.3) is 16.1 Å². The summed E-state index contributed by atoms with van der Waals surface area (Å²) in [4.78, 5) is 38.1. The van der Waals surface area contributed by atoms with Gasteiger partial charge >= 0.3 is 6.09 Å². The maximum atomic E-state index is 13.3. The highest BCUT2D eigenvalue weighted by atomic mass is 79.9. The molecule has 1 aromatic carbocycles. The highest BCUT2D eigenvalue weighted by Crippen LogP contribution is 2.34. The summed E-state index contributed by atoms with van der Waals surface area (Å²) in [7, 11) is 1.26. The minimum absolute atomic E-state index is 0.140. The van der Waals surface area contributed by atoms with E-state index >= 15 is 0 Å². The Morgan fingerprint density at radius 2 is 2.07 bits per heavy atom. The van der Waals surface area contributed by atoms with E-state index in [1.807, 2.05) is 38.1 Å². The number of imidazole rings is 1. The van der Waals surface area contributed by atoms with Gasteiger partial charge in [-0.1, -0.05) is 41.9 Å². The molecular weight excluding hydrogens is 450 g/mol. The number of halogens is 1. The van der Waals surface area contributed by atoms with E-state index in [1.54, 1.807) is 11.1 Å². The average Bonchev–Trinajstić information content (AvgIpc) is 3.38. The first-order chi connectivity index (χ1) is 14.3. The van der Waals surface area contributed by atoms with Crippen LogP contribution >= 0.6 is 15.9 Å². The van der Waals surface area contributed by atoms with Crippen molar-refractivity contribution in [3.63, 3.8) is 0 Å². The number of likely N-dealkylation sites (tertiary alicyclic amines) is 1. The third-order valence-electron chi connectivity index (χ3n) is 5.20.